The monoisotopic (exact) mass is 281 g/mol. The third-order valence-corrected chi connectivity index (χ3v) is 4.40. The Morgan fingerprint density at radius 2 is 2.21 bits per heavy atom. The van der Waals surface area contributed by atoms with Crippen LogP contribution in [0, 0.1) is 0 Å². The predicted octanol–water partition coefficient (Wildman–Crippen LogP) is 0.511. The zero-order valence-corrected chi connectivity index (χ0v) is 11.7. The van der Waals surface area contributed by atoms with Crippen molar-refractivity contribution >= 4 is 17.2 Å². The van der Waals surface area contributed by atoms with Crippen LogP contribution in [-0.2, 0) is 9.53 Å². The summed E-state index contributed by atoms with van der Waals surface area (Å²) in [6.07, 6.45) is 0.0554. The summed E-state index contributed by atoms with van der Waals surface area (Å²) in [6, 6.07) is 2.09. The van der Waals surface area contributed by atoms with E-state index in [-0.39, 0.29) is 12.1 Å². The van der Waals surface area contributed by atoms with Gasteiger partial charge in [-0.05, 0) is 22.4 Å². The van der Waals surface area contributed by atoms with Crippen molar-refractivity contribution in [3.8, 4) is 0 Å². The first-order valence-electron chi connectivity index (χ1n) is 6.69. The van der Waals surface area contributed by atoms with Gasteiger partial charge in [0, 0.05) is 26.2 Å². The first-order chi connectivity index (χ1) is 9.34. The maximum atomic E-state index is 12.0. The van der Waals surface area contributed by atoms with E-state index < -0.39 is 0 Å². The highest BCUT2D eigenvalue weighted by atomic mass is 32.1. The van der Waals surface area contributed by atoms with E-state index in [4.69, 9.17) is 4.74 Å². The van der Waals surface area contributed by atoms with Crippen molar-refractivity contribution in [3.63, 3.8) is 0 Å². The van der Waals surface area contributed by atoms with Crippen LogP contribution in [-0.4, -0.2) is 61.6 Å². The zero-order chi connectivity index (χ0) is 13.1. The molecule has 3 heterocycles. The number of hydrogen-bond donors (Lipinski definition) is 1. The van der Waals surface area contributed by atoms with E-state index in [1.165, 1.54) is 5.56 Å². The Bertz CT molecular complexity index is 418. The summed E-state index contributed by atoms with van der Waals surface area (Å²) >= 11 is 1.67. The molecule has 3 rings (SSSR count). The Kier molecular flexibility index (Phi) is 4.12. The molecule has 1 atom stereocenters. The van der Waals surface area contributed by atoms with Crippen molar-refractivity contribution < 1.29 is 9.53 Å². The summed E-state index contributed by atoms with van der Waals surface area (Å²) in [6.45, 7) is 5.71. The number of ether oxygens (including phenoxy) is 1. The molecule has 5 nitrogen and oxygen atoms in total. The van der Waals surface area contributed by atoms with Gasteiger partial charge < -0.3 is 9.64 Å². The maximum Gasteiger partial charge on any atom is 0.238 e. The Morgan fingerprint density at radius 1 is 1.37 bits per heavy atom. The summed E-state index contributed by atoms with van der Waals surface area (Å²) in [5.41, 5.74) is 1.19. The Balaban J connectivity index is 1.59. The van der Waals surface area contributed by atoms with Gasteiger partial charge in [0.15, 0.2) is 0 Å². The number of nitrogens with one attached hydrogen (secondary N) is 1. The van der Waals surface area contributed by atoms with E-state index in [0.717, 1.165) is 39.4 Å². The van der Waals surface area contributed by atoms with E-state index in [2.05, 4.69) is 27.0 Å². The molecule has 1 N–H and O–H groups in total. The van der Waals surface area contributed by atoms with Gasteiger partial charge in [-0.2, -0.15) is 11.3 Å². The zero-order valence-electron chi connectivity index (χ0n) is 10.9. The standard InChI is InChI=1S/C13H19N3O2S/c17-12-9-14-13(11-1-8-19-10-11)16(12)3-2-15-4-6-18-7-5-15/h1,8,10,13-14H,2-7,9H2. The van der Waals surface area contributed by atoms with Crippen molar-refractivity contribution in [1.29, 1.82) is 0 Å². The molecular weight excluding hydrogens is 262 g/mol. The van der Waals surface area contributed by atoms with Crippen molar-refractivity contribution in [2.75, 3.05) is 45.9 Å². The molecule has 0 bridgehead atoms. The lowest BCUT2D eigenvalue weighted by atomic mass is 10.2. The largest absolute Gasteiger partial charge is 0.379 e. The molecular formula is C13H19N3O2S. The number of nitrogens with zero attached hydrogens (tertiary/aromatic N) is 2. The van der Waals surface area contributed by atoms with Gasteiger partial charge in [-0.1, -0.05) is 0 Å². The summed E-state index contributed by atoms with van der Waals surface area (Å²) in [4.78, 5) is 16.3. The summed E-state index contributed by atoms with van der Waals surface area (Å²) in [7, 11) is 0. The first-order valence-corrected chi connectivity index (χ1v) is 7.64. The molecule has 19 heavy (non-hydrogen) atoms. The minimum absolute atomic E-state index is 0.0554. The van der Waals surface area contributed by atoms with Crippen LogP contribution in [0.5, 0.6) is 0 Å². The normalized spacial score (nSPS) is 25.2. The lowest BCUT2D eigenvalue weighted by molar-refractivity contribution is -0.128. The Morgan fingerprint density at radius 3 is 2.95 bits per heavy atom. The molecule has 2 aliphatic rings. The van der Waals surface area contributed by atoms with E-state index in [9.17, 15) is 4.79 Å². The van der Waals surface area contributed by atoms with Gasteiger partial charge >= 0.3 is 0 Å². The highest BCUT2D eigenvalue weighted by Crippen LogP contribution is 2.24. The van der Waals surface area contributed by atoms with E-state index in [1.54, 1.807) is 11.3 Å². The summed E-state index contributed by atoms with van der Waals surface area (Å²) in [5, 5.41) is 7.45. The molecule has 0 saturated carbocycles. The molecule has 1 amide bonds. The Labute approximate surface area is 117 Å². The fourth-order valence-corrected chi connectivity index (χ4v) is 3.27. The first kappa shape index (κ1) is 13.1. The molecule has 2 fully saturated rings. The van der Waals surface area contributed by atoms with Crippen molar-refractivity contribution in [1.82, 2.24) is 15.1 Å². The Hall–Kier alpha value is -0.950. The minimum Gasteiger partial charge on any atom is -0.379 e. The molecule has 1 unspecified atom stereocenters. The molecule has 104 valence electrons. The highest BCUT2D eigenvalue weighted by Gasteiger charge is 2.31. The van der Waals surface area contributed by atoms with Gasteiger partial charge in [-0.15, -0.1) is 0 Å². The SMILES string of the molecule is O=C1CNC(c2ccsc2)N1CCN1CCOCC1. The smallest absolute Gasteiger partial charge is 0.238 e. The molecule has 2 aliphatic heterocycles. The average Bonchev–Trinajstić information content (AvgIpc) is 3.07. The van der Waals surface area contributed by atoms with Gasteiger partial charge in [0.2, 0.25) is 5.91 Å². The van der Waals surface area contributed by atoms with E-state index in [1.807, 2.05) is 4.90 Å². The molecule has 0 aliphatic carbocycles. The van der Waals surface area contributed by atoms with Gasteiger partial charge in [0.25, 0.3) is 0 Å². The van der Waals surface area contributed by atoms with Gasteiger partial charge in [-0.3, -0.25) is 15.0 Å². The third kappa shape index (κ3) is 2.97. The van der Waals surface area contributed by atoms with Crippen LogP contribution in [0.4, 0.5) is 0 Å². The fourth-order valence-electron chi connectivity index (χ4n) is 2.60. The van der Waals surface area contributed by atoms with Crippen molar-refractivity contribution in [3.05, 3.63) is 22.4 Å². The van der Waals surface area contributed by atoms with Crippen LogP contribution in [0.1, 0.15) is 11.7 Å². The van der Waals surface area contributed by atoms with Crippen molar-refractivity contribution in [2.45, 2.75) is 6.17 Å². The highest BCUT2D eigenvalue weighted by molar-refractivity contribution is 7.07. The molecule has 2 saturated heterocycles. The fraction of sp³-hybridized carbons (Fsp3) is 0.615. The van der Waals surface area contributed by atoms with Gasteiger partial charge in [0.1, 0.15) is 6.17 Å². The van der Waals surface area contributed by atoms with Crippen LogP contribution in [0.2, 0.25) is 0 Å². The van der Waals surface area contributed by atoms with Crippen LogP contribution < -0.4 is 5.32 Å². The third-order valence-electron chi connectivity index (χ3n) is 3.70. The second-order valence-corrected chi connectivity index (χ2v) is 5.66. The number of carbonyl (C=O) groups excluding carboxylic acids is 1. The lowest BCUT2D eigenvalue weighted by Crippen LogP contribution is -2.42. The van der Waals surface area contributed by atoms with Gasteiger partial charge in [-0.25, -0.2) is 0 Å². The second-order valence-electron chi connectivity index (χ2n) is 4.88. The topological polar surface area (TPSA) is 44.8 Å². The van der Waals surface area contributed by atoms with E-state index in [0.29, 0.717) is 6.54 Å². The average molecular weight is 281 g/mol. The molecule has 1 aromatic rings. The minimum atomic E-state index is 0.0554. The summed E-state index contributed by atoms with van der Waals surface area (Å²) in [5.74, 6) is 0.199. The van der Waals surface area contributed by atoms with Crippen LogP contribution in [0.15, 0.2) is 16.8 Å². The maximum absolute atomic E-state index is 12.0. The van der Waals surface area contributed by atoms with Crippen LogP contribution in [0.3, 0.4) is 0 Å². The molecule has 0 radical (unpaired) electrons. The number of morpholine rings is 1. The molecule has 1 aromatic heterocycles. The molecule has 0 spiro atoms. The predicted molar refractivity (Wildman–Crippen MR) is 74.0 cm³/mol. The number of hydrogen-bond acceptors (Lipinski definition) is 5. The number of rotatable bonds is 4. The summed E-state index contributed by atoms with van der Waals surface area (Å²) < 4.78 is 5.34. The second kappa shape index (κ2) is 6.00. The van der Waals surface area contributed by atoms with Crippen LogP contribution >= 0.6 is 11.3 Å². The molecule has 6 heteroatoms. The van der Waals surface area contributed by atoms with E-state index >= 15 is 0 Å². The quantitative estimate of drug-likeness (QED) is 0.873. The number of thiophene rings is 1. The molecule has 0 aromatic carbocycles. The van der Waals surface area contributed by atoms with Crippen LogP contribution in [0.25, 0.3) is 0 Å². The number of carbonyl (C=O) groups is 1. The lowest BCUT2D eigenvalue weighted by Gasteiger charge is -2.30. The van der Waals surface area contributed by atoms with Crippen molar-refractivity contribution in [2.24, 2.45) is 0 Å². The van der Waals surface area contributed by atoms with Gasteiger partial charge in [0.05, 0.1) is 19.8 Å². The number of amides is 1.